The highest BCUT2D eigenvalue weighted by molar-refractivity contribution is 6.00. The van der Waals surface area contributed by atoms with Crippen LogP contribution in [-0.2, 0) is 91.2 Å². The highest BCUT2D eigenvalue weighted by Gasteiger charge is 2.44. The Bertz CT molecular complexity index is 3520. The van der Waals surface area contributed by atoms with Crippen LogP contribution in [0.1, 0.15) is 122 Å². The van der Waals surface area contributed by atoms with Crippen molar-refractivity contribution in [3.8, 4) is 11.5 Å². The molecule has 20 N–H and O–H groups in total. The van der Waals surface area contributed by atoms with Gasteiger partial charge in [0.1, 0.15) is 78.0 Å². The Kier molecular flexibility index (Phi) is 32.4. The van der Waals surface area contributed by atoms with Gasteiger partial charge in [-0.2, -0.15) is 0 Å². The summed E-state index contributed by atoms with van der Waals surface area (Å²) >= 11 is 0. The Balaban J connectivity index is 1.37. The summed E-state index contributed by atoms with van der Waals surface area (Å²) in [6, 6.07) is -8.09. The van der Waals surface area contributed by atoms with Crippen LogP contribution in [0.25, 0.3) is 0 Å². The maximum absolute atomic E-state index is 14.6. The van der Waals surface area contributed by atoms with Crippen LogP contribution < -0.4 is 53.6 Å². The number of H-pyrrole nitrogens is 1. The van der Waals surface area contributed by atoms with E-state index < -0.39 is 224 Å². The number of carboxylic acids is 4. The van der Waals surface area contributed by atoms with E-state index in [2.05, 4.69) is 57.8 Å². The van der Waals surface area contributed by atoms with E-state index in [1.165, 1.54) is 65.6 Å². The Morgan fingerprint density at radius 3 is 1.39 bits per heavy atom. The molecule has 2 fully saturated rings. The second-order valence-electron chi connectivity index (χ2n) is 25.8. The van der Waals surface area contributed by atoms with E-state index in [-0.39, 0.29) is 68.8 Å². The molecule has 2 saturated heterocycles. The zero-order valence-corrected chi connectivity index (χ0v) is 58.1. The van der Waals surface area contributed by atoms with E-state index in [1.807, 2.05) is 0 Å². The summed E-state index contributed by atoms with van der Waals surface area (Å²) in [5.74, 6) is -19.3. The second-order valence-corrected chi connectivity index (χ2v) is 25.8. The van der Waals surface area contributed by atoms with Gasteiger partial charge in [-0.25, -0.2) is 9.78 Å². The van der Waals surface area contributed by atoms with Gasteiger partial charge in [-0.15, -0.1) is 0 Å². The van der Waals surface area contributed by atoms with Crippen molar-refractivity contribution >= 4 is 88.9 Å². The largest absolute Gasteiger partial charge is 0.508 e. The lowest BCUT2D eigenvalue weighted by molar-refractivity contribution is -0.146. The molecule has 1 aromatic heterocycles. The van der Waals surface area contributed by atoms with Crippen LogP contribution in [0.5, 0.6) is 11.5 Å². The first-order chi connectivity index (χ1) is 49.2. The molecule has 0 unspecified atom stereocenters. The number of aliphatic hydroxyl groups is 2. The van der Waals surface area contributed by atoms with Crippen molar-refractivity contribution in [2.75, 3.05) is 19.7 Å². The van der Waals surface area contributed by atoms with E-state index in [0.29, 0.717) is 24.0 Å². The number of hydrogen-bond acceptors (Lipinski definition) is 21. The smallest absolute Gasteiger partial charge is 0.328 e. The summed E-state index contributed by atoms with van der Waals surface area (Å²) in [6.45, 7) is 6.64. The highest BCUT2D eigenvalue weighted by Crippen LogP contribution is 2.24. The van der Waals surface area contributed by atoms with Crippen LogP contribution in [-0.4, -0.2) is 248 Å². The number of likely N-dealkylation sites (tertiary alicyclic amines) is 2. The van der Waals surface area contributed by atoms with E-state index in [0.717, 1.165) is 6.92 Å². The van der Waals surface area contributed by atoms with Crippen molar-refractivity contribution in [1.82, 2.24) is 67.6 Å². The molecule has 2 aromatic carbocycles. The number of imidazole rings is 1. The van der Waals surface area contributed by atoms with Crippen molar-refractivity contribution in [2.24, 2.45) is 17.6 Å². The molecule has 104 heavy (non-hydrogen) atoms. The van der Waals surface area contributed by atoms with E-state index in [9.17, 15) is 113 Å². The Morgan fingerprint density at radius 1 is 0.510 bits per heavy atom. The minimum atomic E-state index is -1.97. The summed E-state index contributed by atoms with van der Waals surface area (Å²) < 4.78 is 0. The van der Waals surface area contributed by atoms with E-state index in [4.69, 9.17) is 5.73 Å². The third-order valence-electron chi connectivity index (χ3n) is 18.0. The number of aromatic hydroxyl groups is 2. The van der Waals surface area contributed by atoms with Gasteiger partial charge in [-0.1, -0.05) is 64.8 Å². The number of aromatic nitrogens is 2. The Hall–Kier alpha value is -10.8. The van der Waals surface area contributed by atoms with Gasteiger partial charge in [0, 0.05) is 50.7 Å². The lowest BCUT2D eigenvalue weighted by Crippen LogP contribution is -2.63. The lowest BCUT2D eigenvalue weighted by atomic mass is 9.96. The molecule has 37 nitrogen and oxygen atoms in total. The summed E-state index contributed by atoms with van der Waals surface area (Å²) in [5.41, 5.74) is 7.35. The normalized spacial score (nSPS) is 17.9. The zero-order chi connectivity index (χ0) is 77.2. The monoisotopic (exact) mass is 1460 g/mol. The summed E-state index contributed by atoms with van der Waals surface area (Å²) in [6.07, 6.45) is -2.99. The molecule has 37 heteroatoms. The first kappa shape index (κ1) is 83.8. The predicted octanol–water partition coefficient (Wildman–Crippen LogP) is -3.72. The molecule has 5 rings (SSSR count). The fourth-order valence-electron chi connectivity index (χ4n) is 11.7. The molecular formula is C67H94N14O23. The summed E-state index contributed by atoms with van der Waals surface area (Å²) in [4.78, 5) is 213. The van der Waals surface area contributed by atoms with Crippen molar-refractivity contribution in [2.45, 2.75) is 203 Å². The minimum absolute atomic E-state index is 0.0145. The number of aromatic amines is 1. The van der Waals surface area contributed by atoms with E-state index >= 15 is 0 Å². The van der Waals surface area contributed by atoms with Crippen LogP contribution in [0, 0.1) is 11.8 Å². The second kappa shape index (κ2) is 40.1. The lowest BCUT2D eigenvalue weighted by Gasteiger charge is -2.33. The van der Waals surface area contributed by atoms with Gasteiger partial charge in [0.2, 0.25) is 65.0 Å². The maximum atomic E-state index is 14.6. The summed E-state index contributed by atoms with van der Waals surface area (Å²) in [7, 11) is 0. The fraction of sp³-hybridized carbons (Fsp3) is 0.552. The number of amides is 11. The van der Waals surface area contributed by atoms with Crippen LogP contribution >= 0.6 is 0 Å². The van der Waals surface area contributed by atoms with Crippen LogP contribution in [0.3, 0.4) is 0 Å². The number of phenols is 2. The molecule has 0 aliphatic carbocycles. The number of carbonyl (C=O) groups excluding carboxylic acids is 11. The number of carbonyl (C=O) groups is 15. The Labute approximate surface area is 597 Å². The molecule has 0 bridgehead atoms. The average molecular weight is 1460 g/mol. The van der Waals surface area contributed by atoms with Gasteiger partial charge < -0.3 is 109 Å². The highest BCUT2D eigenvalue weighted by atomic mass is 16.4. The van der Waals surface area contributed by atoms with Crippen LogP contribution in [0.15, 0.2) is 61.1 Å². The molecular weight excluding hydrogens is 1370 g/mol. The number of carboxylic acid groups (broad SMARTS) is 4. The van der Waals surface area contributed by atoms with Gasteiger partial charge in [0.15, 0.2) is 0 Å². The van der Waals surface area contributed by atoms with Crippen molar-refractivity contribution in [3.63, 3.8) is 0 Å². The molecule has 3 aromatic rings. The average Bonchev–Trinajstić information content (AvgIpc) is 1.57. The molecule has 570 valence electrons. The number of phenolic OH excluding ortho intramolecular Hbond substituents is 2. The van der Waals surface area contributed by atoms with Gasteiger partial charge >= 0.3 is 23.9 Å². The number of nitrogens with zero attached hydrogens (tertiary/aromatic N) is 3. The first-order valence-corrected chi connectivity index (χ1v) is 34.0. The molecule has 0 saturated carbocycles. The topological polar surface area (TPSA) is 587 Å². The molecule has 2 aliphatic rings. The molecule has 3 heterocycles. The number of aliphatic hydroxyl groups excluding tert-OH is 2. The molecule has 11 amide bonds. The van der Waals surface area contributed by atoms with Crippen molar-refractivity contribution < 1.29 is 113 Å². The SMILES string of the molecule is CC[C@H](C)[C@H](NC(=O)[C@H](CCC(=O)O)NC(=O)[C@H](CC(=O)O)NC(=O)[C@@H]1CCCN1C(=O)[C@@H](N)Cc1ccc(O)cc1)C(=O)N[C@@H](CCC(=O)O)C(=O)N[C@@H](Cc1cnc[nH]1)C(=O)N[C@H](C(=O)N[C@@H](Cc1ccc(O)cc1)C(=O)N[C@H](C(=O)N1CCC[C@H]1C(=O)N[C@@H](CO)C(=O)O)[C@@H](C)CC)[C@@H](C)O. The number of benzene rings is 2. The zero-order valence-electron chi connectivity index (χ0n) is 58.1. The molecule has 15 atom stereocenters. The van der Waals surface area contributed by atoms with Gasteiger partial charge in [-0.3, -0.25) is 67.1 Å². The third kappa shape index (κ3) is 25.0. The van der Waals surface area contributed by atoms with Crippen molar-refractivity contribution in [1.29, 1.82) is 0 Å². The minimum Gasteiger partial charge on any atom is -0.508 e. The van der Waals surface area contributed by atoms with Gasteiger partial charge in [-0.05, 0) is 99.1 Å². The first-order valence-electron chi connectivity index (χ1n) is 34.0. The Morgan fingerprint density at radius 2 is 0.923 bits per heavy atom. The third-order valence-corrected chi connectivity index (χ3v) is 18.0. The van der Waals surface area contributed by atoms with Crippen molar-refractivity contribution in [3.05, 3.63) is 77.9 Å². The molecule has 2 aliphatic heterocycles. The number of rotatable bonds is 41. The standard InChI is InChI=1S/C67H94N14O23/c1-6-33(3)53(77-57(93)43(21-23-51(88)89)71-58(94)46(29-52(90)91)74-61(97)48-10-8-24-80(48)65(101)41(68)26-36-12-16-39(84)17-13-36)63(99)72-42(20-22-50(86)87)56(92)73-45(28-38-30-69-32-70-38)60(96)79-55(35(5)83)64(100)75-44(27-37-14-18-40(85)19-15-37)59(95)78-54(34(4)7-2)66(102)81-25-9-11-49(81)62(98)76-47(31-82)67(103)104/h12-19,30,32-35,41-49,53-55,82-85H,6-11,20-29,31,68H2,1-5H3,(H,69,70)(H,71,94)(H,72,99)(H,73,92)(H,74,97)(H,75,100)(H,76,98)(H,77,93)(H,78,95)(H,79,96)(H,86,87)(H,88,89)(H,90,91)(H,103,104)/t33-,34-,35+,41-,42-,43-,44-,45-,46-,47-,48-,49-,53-,54-,55-/m0/s1. The molecule has 0 radical (unpaired) electrons. The number of aliphatic carboxylic acids is 4. The van der Waals surface area contributed by atoms with Crippen LogP contribution in [0.2, 0.25) is 0 Å². The maximum Gasteiger partial charge on any atom is 0.328 e. The predicted molar refractivity (Wildman–Crippen MR) is 362 cm³/mol. The molecule has 0 spiro atoms. The number of hydrogen-bond donors (Lipinski definition) is 19. The summed E-state index contributed by atoms with van der Waals surface area (Å²) in [5, 5.41) is 101. The van der Waals surface area contributed by atoms with Gasteiger partial charge in [0.25, 0.3) is 0 Å². The number of nitrogens with one attached hydrogen (secondary N) is 10. The fourth-order valence-corrected chi connectivity index (χ4v) is 11.7. The van der Waals surface area contributed by atoms with Crippen LogP contribution in [0.4, 0.5) is 0 Å². The van der Waals surface area contributed by atoms with E-state index in [1.54, 1.807) is 32.9 Å². The quantitative estimate of drug-likeness (QED) is 0.0260. The number of nitrogens with two attached hydrogens (primary N) is 1. The van der Waals surface area contributed by atoms with Gasteiger partial charge in [0.05, 0.1) is 31.5 Å².